The molecular weight excluding hydrogens is 379 g/mol. The normalized spacial score (nSPS) is 15.0. The summed E-state index contributed by atoms with van der Waals surface area (Å²) in [6.07, 6.45) is 5.07. The molecule has 1 aliphatic rings. The summed E-state index contributed by atoms with van der Waals surface area (Å²) < 4.78 is 6.08. The number of nitrogens with zero attached hydrogens (tertiary/aromatic N) is 2. The van der Waals surface area contributed by atoms with E-state index in [9.17, 15) is 0 Å². The molecule has 1 fully saturated rings. The summed E-state index contributed by atoms with van der Waals surface area (Å²) in [5.74, 6) is 1.81. The number of benzene rings is 2. The number of ether oxygens (including phenoxy) is 1. The van der Waals surface area contributed by atoms with Gasteiger partial charge in [-0.3, -0.25) is 0 Å². The molecule has 0 radical (unpaired) electrons. The van der Waals surface area contributed by atoms with Gasteiger partial charge in [-0.25, -0.2) is 4.98 Å². The molecule has 3 aromatic rings. The van der Waals surface area contributed by atoms with Crippen LogP contribution in [0.4, 0.5) is 5.82 Å². The third-order valence-corrected chi connectivity index (χ3v) is 5.58. The lowest BCUT2D eigenvalue weighted by Gasteiger charge is -2.22. The highest BCUT2D eigenvalue weighted by Gasteiger charge is 2.13. The minimum atomic E-state index is 0.380. The van der Waals surface area contributed by atoms with Crippen molar-refractivity contribution in [2.75, 3.05) is 18.0 Å². The molecule has 1 saturated heterocycles. The number of hydrogen-bond acceptors (Lipinski definition) is 3. The molecule has 1 aliphatic heterocycles. The quantitative estimate of drug-likeness (QED) is 0.499. The predicted octanol–water partition coefficient (Wildman–Crippen LogP) is 6.50. The number of rotatable bonds is 4. The molecule has 0 N–H and O–H groups in total. The largest absolute Gasteiger partial charge is 0.487 e. The standard InChI is InChI=1S/C22H22Cl2N2O/c23-18-10-8-17(19(24)14-18)15-27-20-7-5-6-16-9-11-21(25-22(16)20)26-12-3-1-2-4-13-26/h5-11,14H,1-4,12-13,15H2. The molecule has 5 heteroatoms. The average Bonchev–Trinajstić information content (AvgIpc) is 2.96. The van der Waals surface area contributed by atoms with E-state index in [0.717, 1.165) is 41.1 Å². The Balaban J connectivity index is 1.60. The van der Waals surface area contributed by atoms with Gasteiger partial charge in [0.15, 0.2) is 0 Å². The van der Waals surface area contributed by atoms with Crippen LogP contribution in [0.2, 0.25) is 10.0 Å². The van der Waals surface area contributed by atoms with Crippen LogP contribution in [0, 0.1) is 0 Å². The third kappa shape index (κ3) is 4.31. The van der Waals surface area contributed by atoms with Gasteiger partial charge >= 0.3 is 0 Å². The zero-order valence-corrected chi connectivity index (χ0v) is 16.6. The fourth-order valence-corrected chi connectivity index (χ4v) is 3.96. The lowest BCUT2D eigenvalue weighted by atomic mass is 10.2. The number of halogens is 2. The number of pyridine rings is 1. The van der Waals surface area contributed by atoms with Crippen molar-refractivity contribution in [2.24, 2.45) is 0 Å². The smallest absolute Gasteiger partial charge is 0.146 e. The molecule has 27 heavy (non-hydrogen) atoms. The molecule has 0 atom stereocenters. The summed E-state index contributed by atoms with van der Waals surface area (Å²) in [4.78, 5) is 7.32. The first kappa shape index (κ1) is 18.4. The Morgan fingerprint density at radius 2 is 1.74 bits per heavy atom. The van der Waals surface area contributed by atoms with Crippen LogP contribution in [0.15, 0.2) is 48.5 Å². The van der Waals surface area contributed by atoms with Crippen LogP contribution < -0.4 is 9.64 Å². The molecule has 4 rings (SSSR count). The fourth-order valence-electron chi connectivity index (χ4n) is 3.50. The van der Waals surface area contributed by atoms with Crippen LogP contribution in [0.25, 0.3) is 10.9 Å². The van der Waals surface area contributed by atoms with Crippen molar-refractivity contribution in [3.8, 4) is 5.75 Å². The van der Waals surface area contributed by atoms with Crippen molar-refractivity contribution in [2.45, 2.75) is 32.3 Å². The first-order chi connectivity index (χ1) is 13.2. The van der Waals surface area contributed by atoms with Crippen molar-refractivity contribution in [3.05, 3.63) is 64.1 Å². The third-order valence-electron chi connectivity index (χ3n) is 5.00. The lowest BCUT2D eigenvalue weighted by Crippen LogP contribution is -2.24. The van der Waals surface area contributed by atoms with Crippen molar-refractivity contribution >= 4 is 39.9 Å². The van der Waals surface area contributed by atoms with Crippen LogP contribution >= 0.6 is 23.2 Å². The van der Waals surface area contributed by atoms with Gasteiger partial charge in [0.05, 0.1) is 0 Å². The van der Waals surface area contributed by atoms with Gasteiger partial charge in [-0.1, -0.05) is 54.2 Å². The predicted molar refractivity (Wildman–Crippen MR) is 113 cm³/mol. The molecule has 1 aromatic heterocycles. The molecule has 0 spiro atoms. The number of aromatic nitrogens is 1. The zero-order valence-electron chi connectivity index (χ0n) is 15.1. The Kier molecular flexibility index (Phi) is 5.70. The van der Waals surface area contributed by atoms with Crippen LogP contribution in [0.1, 0.15) is 31.2 Å². The van der Waals surface area contributed by atoms with E-state index in [2.05, 4.69) is 23.1 Å². The Morgan fingerprint density at radius 1 is 0.926 bits per heavy atom. The van der Waals surface area contributed by atoms with Gasteiger partial charge in [-0.2, -0.15) is 0 Å². The van der Waals surface area contributed by atoms with Gasteiger partial charge in [-0.05, 0) is 43.2 Å². The van der Waals surface area contributed by atoms with Gasteiger partial charge in [0.1, 0.15) is 23.7 Å². The minimum absolute atomic E-state index is 0.380. The minimum Gasteiger partial charge on any atom is -0.487 e. The van der Waals surface area contributed by atoms with E-state index in [-0.39, 0.29) is 0 Å². The molecule has 0 bridgehead atoms. The van der Waals surface area contributed by atoms with E-state index in [0.29, 0.717) is 16.7 Å². The molecule has 140 valence electrons. The topological polar surface area (TPSA) is 25.4 Å². The van der Waals surface area contributed by atoms with E-state index in [1.807, 2.05) is 24.3 Å². The Morgan fingerprint density at radius 3 is 2.52 bits per heavy atom. The van der Waals surface area contributed by atoms with E-state index < -0.39 is 0 Å². The van der Waals surface area contributed by atoms with Crippen LogP contribution in [-0.2, 0) is 6.61 Å². The maximum atomic E-state index is 6.27. The Hall–Kier alpha value is -1.97. The molecule has 0 saturated carbocycles. The van der Waals surface area contributed by atoms with E-state index in [4.69, 9.17) is 32.9 Å². The van der Waals surface area contributed by atoms with Gasteiger partial charge in [0.25, 0.3) is 0 Å². The van der Waals surface area contributed by atoms with Gasteiger partial charge < -0.3 is 9.64 Å². The van der Waals surface area contributed by atoms with Crippen LogP contribution in [0.3, 0.4) is 0 Å². The average molecular weight is 401 g/mol. The summed E-state index contributed by atoms with van der Waals surface area (Å²) >= 11 is 12.2. The Labute approximate surface area is 169 Å². The maximum Gasteiger partial charge on any atom is 0.146 e. The Bertz CT molecular complexity index is 937. The van der Waals surface area contributed by atoms with Crippen molar-refractivity contribution in [1.29, 1.82) is 0 Å². The van der Waals surface area contributed by atoms with E-state index in [1.165, 1.54) is 25.7 Å². The number of fused-ring (bicyclic) bond motifs is 1. The van der Waals surface area contributed by atoms with Crippen LogP contribution in [-0.4, -0.2) is 18.1 Å². The number of para-hydroxylation sites is 1. The first-order valence-corrected chi connectivity index (χ1v) is 10.2. The fraction of sp³-hybridized carbons (Fsp3) is 0.318. The summed E-state index contributed by atoms with van der Waals surface area (Å²) in [6, 6.07) is 15.7. The summed E-state index contributed by atoms with van der Waals surface area (Å²) in [5, 5.41) is 2.31. The number of hydrogen-bond donors (Lipinski definition) is 0. The number of anilines is 1. The van der Waals surface area contributed by atoms with E-state index in [1.54, 1.807) is 6.07 Å². The zero-order chi connectivity index (χ0) is 18.6. The highest BCUT2D eigenvalue weighted by Crippen LogP contribution is 2.29. The first-order valence-electron chi connectivity index (χ1n) is 9.42. The second kappa shape index (κ2) is 8.37. The molecule has 3 nitrogen and oxygen atoms in total. The summed E-state index contributed by atoms with van der Waals surface area (Å²) in [6.45, 7) is 2.52. The maximum absolute atomic E-state index is 6.27. The second-order valence-electron chi connectivity index (χ2n) is 6.92. The molecule has 0 unspecified atom stereocenters. The monoisotopic (exact) mass is 400 g/mol. The second-order valence-corrected chi connectivity index (χ2v) is 7.77. The summed E-state index contributed by atoms with van der Waals surface area (Å²) in [7, 11) is 0. The molecular formula is C22H22Cl2N2O. The molecule has 0 amide bonds. The SMILES string of the molecule is Clc1ccc(COc2cccc3ccc(N4CCCCCC4)nc23)c(Cl)c1. The van der Waals surface area contributed by atoms with Gasteiger partial charge in [-0.15, -0.1) is 0 Å². The lowest BCUT2D eigenvalue weighted by molar-refractivity contribution is 0.309. The van der Waals surface area contributed by atoms with Gasteiger partial charge in [0, 0.05) is 34.1 Å². The van der Waals surface area contributed by atoms with Gasteiger partial charge in [0.2, 0.25) is 0 Å². The van der Waals surface area contributed by atoms with E-state index >= 15 is 0 Å². The highest BCUT2D eigenvalue weighted by atomic mass is 35.5. The molecule has 2 aromatic carbocycles. The molecule has 0 aliphatic carbocycles. The van der Waals surface area contributed by atoms with Crippen molar-refractivity contribution in [1.82, 2.24) is 4.98 Å². The van der Waals surface area contributed by atoms with Crippen LogP contribution in [0.5, 0.6) is 5.75 Å². The highest BCUT2D eigenvalue weighted by molar-refractivity contribution is 6.35. The van der Waals surface area contributed by atoms with Crippen molar-refractivity contribution < 1.29 is 4.74 Å². The van der Waals surface area contributed by atoms with Crippen molar-refractivity contribution in [3.63, 3.8) is 0 Å². The molecule has 2 heterocycles. The summed E-state index contributed by atoms with van der Waals surface area (Å²) in [5.41, 5.74) is 1.80.